The van der Waals surface area contributed by atoms with Gasteiger partial charge in [-0.3, -0.25) is 0 Å². The molecule has 4 heteroatoms. The van der Waals surface area contributed by atoms with Crippen LogP contribution in [0.3, 0.4) is 0 Å². The van der Waals surface area contributed by atoms with Crippen molar-refractivity contribution in [2.75, 3.05) is 5.32 Å². The predicted molar refractivity (Wildman–Crippen MR) is 82.7 cm³/mol. The van der Waals surface area contributed by atoms with Crippen molar-refractivity contribution in [2.24, 2.45) is 0 Å². The first-order valence-electron chi connectivity index (χ1n) is 7.53. The maximum absolute atomic E-state index is 4.30. The van der Waals surface area contributed by atoms with Gasteiger partial charge in [0.25, 0.3) is 0 Å². The lowest BCUT2D eigenvalue weighted by atomic mass is 10.1. The Morgan fingerprint density at radius 3 is 2.60 bits per heavy atom. The van der Waals surface area contributed by atoms with E-state index in [0.717, 1.165) is 24.5 Å². The predicted octanol–water partition coefficient (Wildman–Crippen LogP) is 3.64. The number of aryl methyl sites for hydroxylation is 2. The molecular formula is C16H24N4. The van der Waals surface area contributed by atoms with Gasteiger partial charge in [0.15, 0.2) is 0 Å². The molecule has 1 aromatic heterocycles. The van der Waals surface area contributed by atoms with Crippen molar-refractivity contribution < 1.29 is 0 Å². The first-order valence-corrected chi connectivity index (χ1v) is 7.53. The van der Waals surface area contributed by atoms with Crippen LogP contribution < -0.4 is 5.32 Å². The molecule has 0 radical (unpaired) electrons. The SMILES string of the molecule is CCCCc1ccc(NCc2ncnn2CCC)cc1. The summed E-state index contributed by atoms with van der Waals surface area (Å²) in [7, 11) is 0. The molecule has 0 unspecified atom stereocenters. The minimum absolute atomic E-state index is 0.717. The van der Waals surface area contributed by atoms with Crippen LogP contribution in [0, 0.1) is 0 Å². The zero-order valence-corrected chi connectivity index (χ0v) is 12.5. The number of nitrogens with zero attached hydrogens (tertiary/aromatic N) is 3. The highest BCUT2D eigenvalue weighted by atomic mass is 15.3. The van der Waals surface area contributed by atoms with Crippen LogP contribution in [0.2, 0.25) is 0 Å². The van der Waals surface area contributed by atoms with Crippen molar-refractivity contribution >= 4 is 5.69 Å². The highest BCUT2D eigenvalue weighted by Gasteiger charge is 2.03. The van der Waals surface area contributed by atoms with E-state index in [4.69, 9.17) is 0 Å². The van der Waals surface area contributed by atoms with Gasteiger partial charge in [-0.15, -0.1) is 0 Å². The number of rotatable bonds is 8. The number of aromatic nitrogens is 3. The van der Waals surface area contributed by atoms with Crippen molar-refractivity contribution in [1.29, 1.82) is 0 Å². The van der Waals surface area contributed by atoms with Crippen LogP contribution in [0.4, 0.5) is 5.69 Å². The molecule has 4 nitrogen and oxygen atoms in total. The van der Waals surface area contributed by atoms with Gasteiger partial charge in [0, 0.05) is 12.2 Å². The molecule has 0 aliphatic heterocycles. The van der Waals surface area contributed by atoms with E-state index in [9.17, 15) is 0 Å². The number of benzene rings is 1. The number of hydrogen-bond acceptors (Lipinski definition) is 3. The van der Waals surface area contributed by atoms with Gasteiger partial charge < -0.3 is 5.32 Å². The molecule has 0 atom stereocenters. The molecule has 0 spiro atoms. The fourth-order valence-corrected chi connectivity index (χ4v) is 2.17. The Kier molecular flexibility index (Phi) is 5.59. The molecule has 0 fully saturated rings. The Balaban J connectivity index is 1.88. The van der Waals surface area contributed by atoms with Crippen LogP contribution >= 0.6 is 0 Å². The van der Waals surface area contributed by atoms with E-state index >= 15 is 0 Å². The number of unbranched alkanes of at least 4 members (excludes halogenated alkanes) is 1. The lowest BCUT2D eigenvalue weighted by molar-refractivity contribution is 0.574. The smallest absolute Gasteiger partial charge is 0.146 e. The molecule has 1 heterocycles. The summed E-state index contributed by atoms with van der Waals surface area (Å²) < 4.78 is 1.96. The molecule has 0 aliphatic rings. The van der Waals surface area contributed by atoms with E-state index < -0.39 is 0 Å². The summed E-state index contributed by atoms with van der Waals surface area (Å²) >= 11 is 0. The molecule has 0 saturated carbocycles. The molecule has 1 N–H and O–H groups in total. The molecule has 0 aliphatic carbocycles. The molecule has 2 rings (SSSR count). The Labute approximate surface area is 121 Å². The zero-order chi connectivity index (χ0) is 14.2. The molecule has 0 saturated heterocycles. The Morgan fingerprint density at radius 2 is 1.90 bits per heavy atom. The van der Waals surface area contributed by atoms with E-state index in [1.165, 1.54) is 24.8 Å². The quantitative estimate of drug-likeness (QED) is 0.797. The van der Waals surface area contributed by atoms with Gasteiger partial charge in [0.1, 0.15) is 12.2 Å². The first-order chi connectivity index (χ1) is 9.83. The van der Waals surface area contributed by atoms with E-state index in [0.29, 0.717) is 6.54 Å². The topological polar surface area (TPSA) is 42.7 Å². The van der Waals surface area contributed by atoms with Gasteiger partial charge in [-0.25, -0.2) is 9.67 Å². The summed E-state index contributed by atoms with van der Waals surface area (Å²) in [5.41, 5.74) is 2.54. The summed E-state index contributed by atoms with van der Waals surface area (Å²) in [6.07, 6.45) is 6.37. The fourth-order valence-electron chi connectivity index (χ4n) is 2.17. The second kappa shape index (κ2) is 7.68. The lowest BCUT2D eigenvalue weighted by Gasteiger charge is -2.08. The minimum atomic E-state index is 0.717. The minimum Gasteiger partial charge on any atom is -0.378 e. The summed E-state index contributed by atoms with van der Waals surface area (Å²) in [5, 5.41) is 7.64. The Bertz CT molecular complexity index is 501. The second-order valence-corrected chi connectivity index (χ2v) is 5.05. The normalized spacial score (nSPS) is 10.7. The van der Waals surface area contributed by atoms with Crippen molar-refractivity contribution in [3.63, 3.8) is 0 Å². The molecule has 20 heavy (non-hydrogen) atoms. The van der Waals surface area contributed by atoms with Crippen molar-refractivity contribution in [3.05, 3.63) is 42.0 Å². The molecule has 2 aromatic rings. The van der Waals surface area contributed by atoms with Gasteiger partial charge in [0.2, 0.25) is 0 Å². The highest BCUT2D eigenvalue weighted by Crippen LogP contribution is 2.12. The van der Waals surface area contributed by atoms with Crippen molar-refractivity contribution in [1.82, 2.24) is 14.8 Å². The molecule has 108 valence electrons. The molecule has 1 aromatic carbocycles. The van der Waals surface area contributed by atoms with E-state index in [1.54, 1.807) is 6.33 Å². The zero-order valence-electron chi connectivity index (χ0n) is 12.5. The maximum atomic E-state index is 4.30. The Morgan fingerprint density at radius 1 is 1.10 bits per heavy atom. The van der Waals surface area contributed by atoms with Crippen molar-refractivity contribution in [2.45, 2.75) is 52.6 Å². The number of hydrogen-bond donors (Lipinski definition) is 1. The summed E-state index contributed by atoms with van der Waals surface area (Å²) in [6, 6.07) is 8.70. The summed E-state index contributed by atoms with van der Waals surface area (Å²) in [5.74, 6) is 0.988. The van der Waals surface area contributed by atoms with Gasteiger partial charge >= 0.3 is 0 Å². The van der Waals surface area contributed by atoms with Crippen LogP contribution in [0.5, 0.6) is 0 Å². The van der Waals surface area contributed by atoms with E-state index in [1.807, 2.05) is 4.68 Å². The first kappa shape index (κ1) is 14.6. The molecule has 0 bridgehead atoms. The van der Waals surface area contributed by atoms with E-state index in [-0.39, 0.29) is 0 Å². The monoisotopic (exact) mass is 272 g/mol. The number of anilines is 1. The van der Waals surface area contributed by atoms with Gasteiger partial charge in [-0.1, -0.05) is 32.4 Å². The second-order valence-electron chi connectivity index (χ2n) is 5.05. The fraction of sp³-hybridized carbons (Fsp3) is 0.500. The average Bonchev–Trinajstić information content (AvgIpc) is 2.92. The average molecular weight is 272 g/mol. The third kappa shape index (κ3) is 4.08. The van der Waals surface area contributed by atoms with Gasteiger partial charge in [-0.2, -0.15) is 5.10 Å². The third-order valence-electron chi connectivity index (χ3n) is 3.35. The van der Waals surface area contributed by atoms with Crippen LogP contribution in [-0.2, 0) is 19.5 Å². The lowest BCUT2D eigenvalue weighted by Crippen LogP contribution is -2.10. The van der Waals surface area contributed by atoms with Crippen LogP contribution in [0.1, 0.15) is 44.5 Å². The third-order valence-corrected chi connectivity index (χ3v) is 3.35. The summed E-state index contributed by atoms with van der Waals surface area (Å²) in [6.45, 7) is 6.01. The highest BCUT2D eigenvalue weighted by molar-refractivity contribution is 5.44. The van der Waals surface area contributed by atoms with Gasteiger partial charge in [0.05, 0.1) is 6.54 Å². The van der Waals surface area contributed by atoms with Crippen LogP contribution in [0.15, 0.2) is 30.6 Å². The van der Waals surface area contributed by atoms with Gasteiger partial charge in [-0.05, 0) is 37.0 Å². The molecule has 0 amide bonds. The maximum Gasteiger partial charge on any atom is 0.146 e. The Hall–Kier alpha value is -1.84. The van der Waals surface area contributed by atoms with Crippen LogP contribution in [0.25, 0.3) is 0 Å². The number of nitrogens with one attached hydrogen (secondary N) is 1. The van der Waals surface area contributed by atoms with Crippen molar-refractivity contribution in [3.8, 4) is 0 Å². The standard InChI is InChI=1S/C16H24N4/c1-3-5-6-14-7-9-15(10-8-14)17-12-16-18-13-19-20(16)11-4-2/h7-10,13,17H,3-6,11-12H2,1-2H3. The van der Waals surface area contributed by atoms with Crippen LogP contribution in [-0.4, -0.2) is 14.8 Å². The largest absolute Gasteiger partial charge is 0.378 e. The van der Waals surface area contributed by atoms with E-state index in [2.05, 4.69) is 53.5 Å². The summed E-state index contributed by atoms with van der Waals surface area (Å²) in [4.78, 5) is 4.30. The molecular weight excluding hydrogens is 248 g/mol.